The highest BCUT2D eigenvalue weighted by atomic mass is 14.9. The van der Waals surface area contributed by atoms with Gasteiger partial charge >= 0.3 is 0 Å². The number of pyridine rings is 2. The van der Waals surface area contributed by atoms with Gasteiger partial charge in [-0.3, -0.25) is 4.98 Å². The minimum atomic E-state index is 1.03. The van der Waals surface area contributed by atoms with Crippen molar-refractivity contribution in [3.63, 3.8) is 0 Å². The van der Waals surface area contributed by atoms with Crippen molar-refractivity contribution in [1.82, 2.24) is 4.98 Å². The molecule has 0 aliphatic rings. The van der Waals surface area contributed by atoms with Crippen molar-refractivity contribution in [2.75, 3.05) is 0 Å². The molecule has 0 radical (unpaired) electrons. The molecule has 0 amide bonds. The summed E-state index contributed by atoms with van der Waals surface area (Å²) in [5, 5.41) is 0. The number of hydrogen-bond acceptors (Lipinski definition) is 1. The van der Waals surface area contributed by atoms with E-state index in [4.69, 9.17) is 0 Å². The standard InChI is InChI=1S/C14H17N2/c1-2-3-10-16-11-7-13(8-12-16)14-6-4-5-9-15-14/h4-9,11-12H,2-3,10H2,1H3/q+1. The molecule has 0 fully saturated rings. The van der Waals surface area contributed by atoms with Gasteiger partial charge in [0.15, 0.2) is 12.4 Å². The number of hydrogen-bond donors (Lipinski definition) is 0. The van der Waals surface area contributed by atoms with Crippen molar-refractivity contribution in [3.8, 4) is 11.3 Å². The summed E-state index contributed by atoms with van der Waals surface area (Å²) >= 11 is 0. The minimum Gasteiger partial charge on any atom is -0.256 e. The summed E-state index contributed by atoms with van der Waals surface area (Å²) in [5.41, 5.74) is 2.21. The van der Waals surface area contributed by atoms with Crippen LogP contribution in [-0.2, 0) is 6.54 Å². The van der Waals surface area contributed by atoms with Gasteiger partial charge in [-0.15, -0.1) is 0 Å². The molecule has 0 aromatic carbocycles. The summed E-state index contributed by atoms with van der Waals surface area (Å²) in [4.78, 5) is 4.33. The molecule has 2 heteroatoms. The molecule has 82 valence electrons. The third-order valence-electron chi connectivity index (χ3n) is 2.62. The Hall–Kier alpha value is -1.70. The van der Waals surface area contributed by atoms with Gasteiger partial charge in [-0.25, -0.2) is 4.57 Å². The van der Waals surface area contributed by atoms with E-state index in [2.05, 4.69) is 41.0 Å². The highest BCUT2D eigenvalue weighted by molar-refractivity contribution is 5.56. The highest BCUT2D eigenvalue weighted by Crippen LogP contribution is 2.13. The summed E-state index contributed by atoms with van der Waals surface area (Å²) in [7, 11) is 0. The van der Waals surface area contributed by atoms with Crippen molar-refractivity contribution < 1.29 is 4.57 Å². The first-order chi connectivity index (χ1) is 7.90. The van der Waals surface area contributed by atoms with Crippen molar-refractivity contribution in [3.05, 3.63) is 48.9 Å². The smallest absolute Gasteiger partial charge is 0.169 e. The molecular formula is C14H17N2+. The Morgan fingerprint density at radius 3 is 2.56 bits per heavy atom. The van der Waals surface area contributed by atoms with E-state index in [1.807, 2.05) is 24.4 Å². The lowest BCUT2D eigenvalue weighted by Crippen LogP contribution is -2.32. The van der Waals surface area contributed by atoms with Gasteiger partial charge in [0, 0.05) is 30.3 Å². The lowest BCUT2D eigenvalue weighted by Gasteiger charge is -1.99. The van der Waals surface area contributed by atoms with E-state index in [9.17, 15) is 0 Å². The molecule has 0 bridgehead atoms. The maximum atomic E-state index is 4.33. The SMILES string of the molecule is CCCC[n+]1ccc(-c2ccccn2)cc1. The Kier molecular flexibility index (Phi) is 3.65. The largest absolute Gasteiger partial charge is 0.256 e. The van der Waals surface area contributed by atoms with Gasteiger partial charge in [0.2, 0.25) is 0 Å². The summed E-state index contributed by atoms with van der Waals surface area (Å²) in [5.74, 6) is 0. The molecule has 0 aliphatic carbocycles. The zero-order valence-corrected chi connectivity index (χ0v) is 9.63. The number of aromatic nitrogens is 2. The molecule has 0 saturated heterocycles. The fourth-order valence-electron chi connectivity index (χ4n) is 1.65. The first-order valence-electron chi connectivity index (χ1n) is 5.80. The van der Waals surface area contributed by atoms with Gasteiger partial charge < -0.3 is 0 Å². The van der Waals surface area contributed by atoms with Crippen molar-refractivity contribution >= 4 is 0 Å². The topological polar surface area (TPSA) is 16.8 Å². The first-order valence-corrected chi connectivity index (χ1v) is 5.80. The Balaban J connectivity index is 2.13. The minimum absolute atomic E-state index is 1.03. The monoisotopic (exact) mass is 213 g/mol. The lowest BCUT2D eigenvalue weighted by atomic mass is 10.2. The molecule has 16 heavy (non-hydrogen) atoms. The quantitative estimate of drug-likeness (QED) is 0.714. The molecule has 0 saturated carbocycles. The van der Waals surface area contributed by atoms with E-state index in [0.717, 1.165) is 12.2 Å². The number of unbranched alkanes of at least 4 members (excludes halogenated alkanes) is 1. The van der Waals surface area contributed by atoms with Crippen LogP contribution in [-0.4, -0.2) is 4.98 Å². The Morgan fingerprint density at radius 1 is 1.12 bits per heavy atom. The van der Waals surface area contributed by atoms with E-state index < -0.39 is 0 Å². The van der Waals surface area contributed by atoms with Gasteiger partial charge in [-0.05, 0) is 12.1 Å². The average molecular weight is 213 g/mol. The Bertz CT molecular complexity index is 420. The van der Waals surface area contributed by atoms with Crippen LogP contribution < -0.4 is 4.57 Å². The van der Waals surface area contributed by atoms with Crippen molar-refractivity contribution in [2.24, 2.45) is 0 Å². The number of aryl methyl sites for hydroxylation is 1. The molecule has 2 rings (SSSR count). The second-order valence-electron chi connectivity index (χ2n) is 3.89. The first kappa shape index (κ1) is 10.8. The van der Waals surface area contributed by atoms with Crippen LogP contribution in [0.15, 0.2) is 48.9 Å². The van der Waals surface area contributed by atoms with Gasteiger partial charge in [0.05, 0.1) is 5.69 Å². The maximum Gasteiger partial charge on any atom is 0.169 e. The molecule has 0 unspecified atom stereocenters. The Labute approximate surface area is 96.6 Å². The average Bonchev–Trinajstić information content (AvgIpc) is 2.38. The predicted octanol–water partition coefficient (Wildman–Crippen LogP) is 2.84. The molecule has 2 nitrogen and oxygen atoms in total. The van der Waals surface area contributed by atoms with E-state index in [0.29, 0.717) is 0 Å². The van der Waals surface area contributed by atoms with Crippen LogP contribution in [0.1, 0.15) is 19.8 Å². The Morgan fingerprint density at radius 2 is 1.94 bits per heavy atom. The maximum absolute atomic E-state index is 4.33. The fraction of sp³-hybridized carbons (Fsp3) is 0.286. The molecule has 0 spiro atoms. The second kappa shape index (κ2) is 5.40. The van der Waals surface area contributed by atoms with E-state index >= 15 is 0 Å². The number of nitrogens with zero attached hydrogens (tertiary/aromatic N) is 2. The van der Waals surface area contributed by atoms with Crippen LogP contribution in [0.3, 0.4) is 0 Å². The molecule has 2 heterocycles. The molecular weight excluding hydrogens is 196 g/mol. The van der Waals surface area contributed by atoms with Crippen LogP contribution in [0.25, 0.3) is 11.3 Å². The highest BCUT2D eigenvalue weighted by Gasteiger charge is 2.02. The summed E-state index contributed by atoms with van der Waals surface area (Å²) in [6.07, 6.45) is 8.54. The summed E-state index contributed by atoms with van der Waals surface area (Å²) in [6, 6.07) is 10.2. The van der Waals surface area contributed by atoms with Gasteiger partial charge in [0.1, 0.15) is 6.54 Å². The van der Waals surface area contributed by atoms with Crippen molar-refractivity contribution in [1.29, 1.82) is 0 Å². The predicted molar refractivity (Wildman–Crippen MR) is 64.8 cm³/mol. The van der Waals surface area contributed by atoms with Crippen molar-refractivity contribution in [2.45, 2.75) is 26.3 Å². The normalized spacial score (nSPS) is 10.3. The van der Waals surface area contributed by atoms with Gasteiger partial charge in [0.25, 0.3) is 0 Å². The van der Waals surface area contributed by atoms with Gasteiger partial charge in [-0.2, -0.15) is 0 Å². The van der Waals surface area contributed by atoms with Crippen LogP contribution in [0.2, 0.25) is 0 Å². The third kappa shape index (κ3) is 2.66. The molecule has 0 atom stereocenters. The summed E-state index contributed by atoms with van der Waals surface area (Å²) < 4.78 is 2.22. The van der Waals surface area contributed by atoms with Crippen LogP contribution in [0.5, 0.6) is 0 Å². The molecule has 2 aromatic heterocycles. The zero-order chi connectivity index (χ0) is 11.2. The van der Waals surface area contributed by atoms with E-state index in [1.54, 1.807) is 0 Å². The number of rotatable bonds is 4. The van der Waals surface area contributed by atoms with Crippen LogP contribution in [0, 0.1) is 0 Å². The second-order valence-corrected chi connectivity index (χ2v) is 3.89. The third-order valence-corrected chi connectivity index (χ3v) is 2.62. The van der Waals surface area contributed by atoms with E-state index in [1.165, 1.54) is 18.4 Å². The van der Waals surface area contributed by atoms with Crippen LogP contribution in [0.4, 0.5) is 0 Å². The zero-order valence-electron chi connectivity index (χ0n) is 9.63. The molecule has 0 aliphatic heterocycles. The van der Waals surface area contributed by atoms with Crippen LogP contribution >= 0.6 is 0 Å². The van der Waals surface area contributed by atoms with Gasteiger partial charge in [-0.1, -0.05) is 19.4 Å². The molecule has 2 aromatic rings. The summed E-state index contributed by atoms with van der Waals surface area (Å²) in [6.45, 7) is 3.31. The lowest BCUT2D eigenvalue weighted by molar-refractivity contribution is -0.697. The molecule has 0 N–H and O–H groups in total. The van der Waals surface area contributed by atoms with E-state index in [-0.39, 0.29) is 0 Å². The fourth-order valence-corrected chi connectivity index (χ4v) is 1.65.